The molecule has 40 heavy (non-hydrogen) atoms. The van der Waals surface area contributed by atoms with E-state index in [0.29, 0.717) is 55.7 Å². The molecule has 6 aromatic rings. The summed E-state index contributed by atoms with van der Waals surface area (Å²) in [6, 6.07) is 10.6. The molecule has 0 atom stereocenters. The quantitative estimate of drug-likeness (QED) is 0.254. The van der Waals surface area contributed by atoms with Crippen LogP contribution in [0.25, 0.3) is 55.1 Å². The van der Waals surface area contributed by atoms with Crippen molar-refractivity contribution < 1.29 is 9.15 Å². The number of rotatable bonds is 3. The molecule has 4 heterocycles. The van der Waals surface area contributed by atoms with Crippen LogP contribution in [0.4, 0.5) is 0 Å². The number of ether oxygens (including phenoxy) is 1. The van der Waals surface area contributed by atoms with Crippen molar-refractivity contribution in [1.29, 1.82) is 0 Å². The molecule has 1 fully saturated rings. The average Bonchev–Trinajstić information content (AvgIpc) is 3.47. The average molecular weight is 539 g/mol. The third-order valence-corrected chi connectivity index (χ3v) is 8.46. The summed E-state index contributed by atoms with van der Waals surface area (Å²) in [5, 5.41) is 4.94. The number of hydrogen-bond acceptors (Lipinski definition) is 5. The van der Waals surface area contributed by atoms with Crippen LogP contribution in [0.2, 0.25) is 0 Å². The summed E-state index contributed by atoms with van der Waals surface area (Å²) in [6.07, 6.45) is 7.70. The van der Waals surface area contributed by atoms with Gasteiger partial charge in [-0.05, 0) is 56.2 Å². The Kier molecular flexibility index (Phi) is 5.69. The van der Waals surface area contributed by atoms with Gasteiger partial charge < -0.3 is 19.1 Å². The van der Waals surface area contributed by atoms with Crippen molar-refractivity contribution in [3.8, 4) is 16.9 Å². The van der Waals surface area contributed by atoms with Crippen molar-refractivity contribution in [3.05, 3.63) is 72.9 Å². The molecule has 0 unspecified atom stereocenters. The highest BCUT2D eigenvalue weighted by Crippen LogP contribution is 2.39. The molecule has 1 aliphatic carbocycles. The minimum atomic E-state index is -0.341. The molecule has 0 amide bonds. The van der Waals surface area contributed by atoms with Crippen LogP contribution < -0.4 is 21.3 Å². The molecule has 7 rings (SSSR count). The lowest BCUT2D eigenvalue weighted by molar-refractivity contribution is 0.353. The van der Waals surface area contributed by atoms with Crippen LogP contribution in [-0.4, -0.2) is 26.9 Å². The predicted octanol–water partition coefficient (Wildman–Crippen LogP) is 6.03. The number of furan rings is 1. The number of nitrogens with one attached hydrogen (secondary N) is 3. The van der Waals surface area contributed by atoms with Crippen molar-refractivity contribution >= 4 is 44.0 Å². The molecule has 1 aliphatic rings. The Morgan fingerprint density at radius 2 is 1.68 bits per heavy atom. The first-order chi connectivity index (χ1) is 19.4. The van der Waals surface area contributed by atoms with Crippen molar-refractivity contribution in [2.75, 3.05) is 7.11 Å². The highest BCUT2D eigenvalue weighted by Gasteiger charge is 2.26. The van der Waals surface area contributed by atoms with Crippen LogP contribution in [0, 0.1) is 6.92 Å². The molecule has 204 valence electrons. The molecule has 0 aliphatic heterocycles. The molecule has 0 saturated heterocycles. The number of nitrogens with zero attached hydrogens (tertiary/aromatic N) is 1. The lowest BCUT2D eigenvalue weighted by Crippen LogP contribution is -2.15. The number of aromatic amines is 3. The zero-order chi connectivity index (χ0) is 27.5. The van der Waals surface area contributed by atoms with Gasteiger partial charge in [-0.25, -0.2) is 0 Å². The number of aromatic nitrogens is 4. The number of benzene rings is 2. The van der Waals surface area contributed by atoms with E-state index in [9.17, 15) is 14.4 Å². The second kappa shape index (κ2) is 9.29. The van der Waals surface area contributed by atoms with Gasteiger partial charge in [-0.2, -0.15) is 0 Å². The van der Waals surface area contributed by atoms with Crippen LogP contribution in [0.3, 0.4) is 0 Å². The smallest absolute Gasteiger partial charge is 0.274 e. The molecule has 2 aromatic carbocycles. The van der Waals surface area contributed by atoms with Gasteiger partial charge in [0.05, 0.1) is 29.6 Å². The van der Waals surface area contributed by atoms with Gasteiger partial charge in [-0.1, -0.05) is 32.1 Å². The van der Waals surface area contributed by atoms with E-state index in [-0.39, 0.29) is 22.6 Å². The first-order valence-corrected chi connectivity index (χ1v) is 13.9. The van der Waals surface area contributed by atoms with Gasteiger partial charge in [0, 0.05) is 27.4 Å². The van der Waals surface area contributed by atoms with Gasteiger partial charge in [-0.15, -0.1) is 0 Å². The maximum Gasteiger partial charge on any atom is 0.274 e. The summed E-state index contributed by atoms with van der Waals surface area (Å²) in [6.45, 7) is 1.73. The zero-order valence-electron chi connectivity index (χ0n) is 22.5. The van der Waals surface area contributed by atoms with E-state index < -0.39 is 0 Å². The summed E-state index contributed by atoms with van der Waals surface area (Å²) in [5.41, 5.74) is 3.15. The molecule has 4 aromatic heterocycles. The standard InChI is InChI=1S/C31H30N4O5/c1-16-23(36)13-11-20-26-28(40-27(16)20)24(21-15-17-14-19(39-2)10-12-22(17)32-30(21)37)25-29(33-26)35(34-31(25)38)18-8-6-4-3-5-7-9-18/h10-15,18,33H,3-9H2,1-2H3,(H,32,37)(H,34,38). The summed E-state index contributed by atoms with van der Waals surface area (Å²) in [7, 11) is 1.59. The maximum absolute atomic E-state index is 13.7. The summed E-state index contributed by atoms with van der Waals surface area (Å²) >= 11 is 0. The molecular weight excluding hydrogens is 508 g/mol. The first-order valence-electron chi connectivity index (χ1n) is 13.9. The van der Waals surface area contributed by atoms with Gasteiger partial charge in [0.25, 0.3) is 11.1 Å². The Morgan fingerprint density at radius 1 is 0.900 bits per heavy atom. The van der Waals surface area contributed by atoms with E-state index >= 15 is 0 Å². The highest BCUT2D eigenvalue weighted by atomic mass is 16.5. The summed E-state index contributed by atoms with van der Waals surface area (Å²) in [4.78, 5) is 46.3. The number of hydrogen-bond donors (Lipinski definition) is 3. The van der Waals surface area contributed by atoms with E-state index in [0.717, 1.165) is 36.5 Å². The minimum Gasteiger partial charge on any atom is -0.497 e. The molecule has 1 saturated carbocycles. The van der Waals surface area contributed by atoms with E-state index in [1.807, 2.05) is 10.7 Å². The molecular formula is C31H30N4O5. The molecule has 3 N–H and O–H groups in total. The van der Waals surface area contributed by atoms with Gasteiger partial charge in [0.15, 0.2) is 11.0 Å². The molecule has 0 radical (unpaired) electrons. The minimum absolute atomic E-state index is 0.124. The van der Waals surface area contributed by atoms with Crippen LogP contribution in [0.5, 0.6) is 5.75 Å². The highest BCUT2D eigenvalue weighted by molar-refractivity contribution is 6.15. The largest absolute Gasteiger partial charge is 0.497 e. The fraction of sp³-hybridized carbons (Fsp3) is 0.323. The Bertz CT molecular complexity index is 2120. The Morgan fingerprint density at radius 3 is 2.45 bits per heavy atom. The van der Waals surface area contributed by atoms with Crippen LogP contribution in [0.1, 0.15) is 56.6 Å². The molecule has 9 nitrogen and oxygen atoms in total. The fourth-order valence-corrected chi connectivity index (χ4v) is 6.33. The predicted molar refractivity (Wildman–Crippen MR) is 157 cm³/mol. The number of fused-ring (bicyclic) bond motifs is 5. The van der Waals surface area contributed by atoms with Gasteiger partial charge >= 0.3 is 0 Å². The van der Waals surface area contributed by atoms with Crippen molar-refractivity contribution in [3.63, 3.8) is 0 Å². The maximum atomic E-state index is 13.7. The first kappa shape index (κ1) is 24.5. The lowest BCUT2D eigenvalue weighted by atomic mass is 9.96. The second-order valence-electron chi connectivity index (χ2n) is 10.9. The van der Waals surface area contributed by atoms with Crippen molar-refractivity contribution in [1.82, 2.24) is 19.7 Å². The van der Waals surface area contributed by atoms with E-state index in [1.165, 1.54) is 25.3 Å². The Balaban J connectivity index is 1.62. The Hall–Kier alpha value is -4.53. The van der Waals surface area contributed by atoms with Crippen molar-refractivity contribution in [2.45, 2.75) is 57.9 Å². The third kappa shape index (κ3) is 3.71. The van der Waals surface area contributed by atoms with Gasteiger partial charge in [-0.3, -0.25) is 24.2 Å². The fourth-order valence-electron chi connectivity index (χ4n) is 6.33. The van der Waals surface area contributed by atoms with Crippen LogP contribution >= 0.6 is 0 Å². The van der Waals surface area contributed by atoms with E-state index in [1.54, 1.807) is 38.3 Å². The van der Waals surface area contributed by atoms with E-state index in [2.05, 4.69) is 15.1 Å². The Labute approximate surface area is 227 Å². The van der Waals surface area contributed by atoms with Gasteiger partial charge in [0.1, 0.15) is 17.0 Å². The SMILES string of the molecule is COc1ccc2[nH]c(=O)c(-c3c4oc5c(C)c(=O)ccc5c4[nH]c4c3c(=O)[nH]n4C3CCCCCCC3)cc2c1. The summed E-state index contributed by atoms with van der Waals surface area (Å²) in [5.74, 6) is 0.651. The number of methoxy groups -OCH3 is 1. The zero-order valence-corrected chi connectivity index (χ0v) is 22.5. The number of aryl methyl sites for hydroxylation is 1. The topological polar surface area (TPSA) is 126 Å². The second-order valence-corrected chi connectivity index (χ2v) is 10.9. The summed E-state index contributed by atoms with van der Waals surface area (Å²) < 4.78 is 13.7. The number of pyridine rings is 2. The van der Waals surface area contributed by atoms with Crippen molar-refractivity contribution in [2.24, 2.45) is 0 Å². The van der Waals surface area contributed by atoms with Gasteiger partial charge in [0.2, 0.25) is 0 Å². The van der Waals surface area contributed by atoms with E-state index in [4.69, 9.17) is 9.15 Å². The van der Waals surface area contributed by atoms with Crippen LogP contribution in [-0.2, 0) is 0 Å². The normalized spacial score (nSPS) is 15.2. The third-order valence-electron chi connectivity index (χ3n) is 8.46. The van der Waals surface area contributed by atoms with Crippen LogP contribution in [0.15, 0.2) is 55.2 Å². The molecule has 9 heteroatoms. The molecule has 0 spiro atoms. The lowest BCUT2D eigenvalue weighted by Gasteiger charge is -2.21. The molecule has 0 bridgehead atoms. The number of H-pyrrole nitrogens is 3. The monoisotopic (exact) mass is 538 g/mol.